The van der Waals surface area contributed by atoms with Crippen LogP contribution in [0, 0.1) is 11.7 Å². The number of aliphatic hydroxyl groups excluding tert-OH is 1. The molecule has 1 rings (SSSR count). The summed E-state index contributed by atoms with van der Waals surface area (Å²) < 4.78 is 12.9. The van der Waals surface area contributed by atoms with E-state index in [0.717, 1.165) is 5.56 Å². The standard InChI is InChI=1S/C10H12ClFO/c1-7(6-13)4-8-2-3-9(11)10(12)5-8/h2-3,5,7,13H,4,6H2,1H3. The zero-order valence-electron chi connectivity index (χ0n) is 7.43. The van der Waals surface area contributed by atoms with Gasteiger partial charge in [0.2, 0.25) is 0 Å². The molecule has 1 aromatic carbocycles. The normalized spacial score (nSPS) is 12.9. The predicted octanol–water partition coefficient (Wildman–Crippen LogP) is 2.65. The van der Waals surface area contributed by atoms with Gasteiger partial charge in [-0.1, -0.05) is 24.6 Å². The molecule has 0 saturated carbocycles. The van der Waals surface area contributed by atoms with Crippen LogP contribution in [0.15, 0.2) is 18.2 Å². The third kappa shape index (κ3) is 2.98. The molecule has 0 bridgehead atoms. The Morgan fingerprint density at radius 2 is 2.23 bits per heavy atom. The number of rotatable bonds is 3. The van der Waals surface area contributed by atoms with Gasteiger partial charge in [-0.2, -0.15) is 0 Å². The lowest BCUT2D eigenvalue weighted by atomic mass is 10.0. The topological polar surface area (TPSA) is 20.2 Å². The van der Waals surface area contributed by atoms with Crippen LogP contribution >= 0.6 is 11.6 Å². The van der Waals surface area contributed by atoms with Crippen molar-refractivity contribution in [2.75, 3.05) is 6.61 Å². The molecule has 0 radical (unpaired) electrons. The molecule has 0 amide bonds. The van der Waals surface area contributed by atoms with Gasteiger partial charge in [0, 0.05) is 6.61 Å². The van der Waals surface area contributed by atoms with Crippen molar-refractivity contribution in [1.82, 2.24) is 0 Å². The van der Waals surface area contributed by atoms with Gasteiger partial charge in [0.25, 0.3) is 0 Å². The van der Waals surface area contributed by atoms with E-state index in [9.17, 15) is 4.39 Å². The Morgan fingerprint density at radius 1 is 1.54 bits per heavy atom. The first-order chi connectivity index (χ1) is 6.13. The molecule has 0 spiro atoms. The Balaban J connectivity index is 2.73. The van der Waals surface area contributed by atoms with E-state index in [-0.39, 0.29) is 17.5 Å². The Bertz CT molecular complexity index is 288. The van der Waals surface area contributed by atoms with E-state index in [1.54, 1.807) is 6.07 Å². The lowest BCUT2D eigenvalue weighted by Gasteiger charge is -2.07. The Kier molecular flexibility index (Phi) is 3.70. The summed E-state index contributed by atoms with van der Waals surface area (Å²) in [6.45, 7) is 2.02. The highest BCUT2D eigenvalue weighted by molar-refractivity contribution is 6.30. The van der Waals surface area contributed by atoms with Crippen LogP contribution in [0.4, 0.5) is 4.39 Å². The number of hydrogen-bond donors (Lipinski definition) is 1. The molecular formula is C10H12ClFO. The zero-order valence-corrected chi connectivity index (χ0v) is 8.18. The van der Waals surface area contributed by atoms with E-state index < -0.39 is 5.82 Å². The van der Waals surface area contributed by atoms with Crippen molar-refractivity contribution >= 4 is 11.6 Å². The number of hydrogen-bond acceptors (Lipinski definition) is 1. The van der Waals surface area contributed by atoms with Gasteiger partial charge < -0.3 is 5.11 Å². The van der Waals surface area contributed by atoms with Crippen LogP contribution in [0.5, 0.6) is 0 Å². The third-order valence-electron chi connectivity index (χ3n) is 1.88. The van der Waals surface area contributed by atoms with Crippen molar-refractivity contribution in [1.29, 1.82) is 0 Å². The first-order valence-corrected chi connectivity index (χ1v) is 4.56. The number of benzene rings is 1. The molecule has 0 aliphatic rings. The monoisotopic (exact) mass is 202 g/mol. The van der Waals surface area contributed by atoms with Gasteiger partial charge in [-0.15, -0.1) is 0 Å². The summed E-state index contributed by atoms with van der Waals surface area (Å²) in [5.74, 6) is -0.245. The highest BCUT2D eigenvalue weighted by Crippen LogP contribution is 2.17. The van der Waals surface area contributed by atoms with E-state index >= 15 is 0 Å². The second kappa shape index (κ2) is 4.58. The molecule has 0 saturated heterocycles. The van der Waals surface area contributed by atoms with Gasteiger partial charge in [-0.05, 0) is 30.0 Å². The Morgan fingerprint density at radius 3 is 2.77 bits per heavy atom. The summed E-state index contributed by atoms with van der Waals surface area (Å²) in [6.07, 6.45) is 0.671. The largest absolute Gasteiger partial charge is 0.396 e. The summed E-state index contributed by atoms with van der Waals surface area (Å²) in [6, 6.07) is 4.72. The van der Waals surface area contributed by atoms with Crippen molar-refractivity contribution < 1.29 is 9.50 Å². The zero-order chi connectivity index (χ0) is 9.84. The maximum atomic E-state index is 12.9. The molecule has 72 valence electrons. The van der Waals surface area contributed by atoms with E-state index in [0.29, 0.717) is 6.42 Å². The van der Waals surface area contributed by atoms with Crippen LogP contribution in [0.1, 0.15) is 12.5 Å². The SMILES string of the molecule is CC(CO)Cc1ccc(Cl)c(F)c1. The predicted molar refractivity (Wildman–Crippen MR) is 51.4 cm³/mol. The van der Waals surface area contributed by atoms with Crippen LogP contribution in [0.2, 0.25) is 5.02 Å². The quantitative estimate of drug-likeness (QED) is 0.799. The van der Waals surface area contributed by atoms with Crippen molar-refractivity contribution in [2.24, 2.45) is 5.92 Å². The van der Waals surface area contributed by atoms with E-state index in [1.165, 1.54) is 12.1 Å². The minimum Gasteiger partial charge on any atom is -0.396 e. The molecule has 1 atom stereocenters. The molecule has 1 unspecified atom stereocenters. The van der Waals surface area contributed by atoms with Crippen molar-refractivity contribution in [3.63, 3.8) is 0 Å². The fourth-order valence-electron chi connectivity index (χ4n) is 1.13. The van der Waals surface area contributed by atoms with Crippen LogP contribution in [-0.4, -0.2) is 11.7 Å². The van der Waals surface area contributed by atoms with E-state index in [4.69, 9.17) is 16.7 Å². The third-order valence-corrected chi connectivity index (χ3v) is 2.19. The molecule has 0 aliphatic heterocycles. The molecule has 0 aromatic heterocycles. The smallest absolute Gasteiger partial charge is 0.142 e. The Hall–Kier alpha value is -0.600. The maximum absolute atomic E-state index is 12.9. The highest BCUT2D eigenvalue weighted by atomic mass is 35.5. The van der Waals surface area contributed by atoms with Crippen LogP contribution in [0.3, 0.4) is 0 Å². The number of aliphatic hydroxyl groups is 1. The lowest BCUT2D eigenvalue weighted by molar-refractivity contribution is 0.237. The van der Waals surface area contributed by atoms with Gasteiger partial charge in [-0.25, -0.2) is 4.39 Å². The van der Waals surface area contributed by atoms with E-state index in [2.05, 4.69) is 0 Å². The Labute approximate surface area is 82.2 Å². The fraction of sp³-hybridized carbons (Fsp3) is 0.400. The minimum absolute atomic E-state index is 0.115. The summed E-state index contributed by atoms with van der Waals surface area (Å²) in [5.41, 5.74) is 0.864. The van der Waals surface area contributed by atoms with Crippen molar-refractivity contribution in [3.05, 3.63) is 34.6 Å². The highest BCUT2D eigenvalue weighted by Gasteiger charge is 2.04. The van der Waals surface area contributed by atoms with Gasteiger partial charge in [0.1, 0.15) is 5.82 Å². The summed E-state index contributed by atoms with van der Waals surface area (Å²) in [7, 11) is 0. The molecule has 1 aromatic rings. The van der Waals surface area contributed by atoms with Crippen LogP contribution in [0.25, 0.3) is 0 Å². The van der Waals surface area contributed by atoms with Crippen LogP contribution in [-0.2, 0) is 6.42 Å². The van der Waals surface area contributed by atoms with Crippen LogP contribution < -0.4 is 0 Å². The molecular weight excluding hydrogens is 191 g/mol. The molecule has 0 fully saturated rings. The summed E-state index contributed by atoms with van der Waals surface area (Å²) >= 11 is 5.53. The second-order valence-electron chi connectivity index (χ2n) is 3.24. The fourth-order valence-corrected chi connectivity index (χ4v) is 1.25. The summed E-state index contributed by atoms with van der Waals surface area (Å²) in [5, 5.41) is 8.94. The van der Waals surface area contributed by atoms with Gasteiger partial charge in [0.05, 0.1) is 5.02 Å². The second-order valence-corrected chi connectivity index (χ2v) is 3.65. The van der Waals surface area contributed by atoms with Gasteiger partial charge in [-0.3, -0.25) is 0 Å². The molecule has 13 heavy (non-hydrogen) atoms. The van der Waals surface area contributed by atoms with Crippen molar-refractivity contribution in [2.45, 2.75) is 13.3 Å². The first kappa shape index (κ1) is 10.5. The van der Waals surface area contributed by atoms with E-state index in [1.807, 2.05) is 6.92 Å². The van der Waals surface area contributed by atoms with Gasteiger partial charge >= 0.3 is 0 Å². The minimum atomic E-state index is -0.399. The summed E-state index contributed by atoms with van der Waals surface area (Å²) in [4.78, 5) is 0. The molecule has 0 aliphatic carbocycles. The average Bonchev–Trinajstić information content (AvgIpc) is 2.11. The molecule has 3 heteroatoms. The van der Waals surface area contributed by atoms with Crippen molar-refractivity contribution in [3.8, 4) is 0 Å². The molecule has 1 nitrogen and oxygen atoms in total. The molecule has 1 N–H and O–H groups in total. The maximum Gasteiger partial charge on any atom is 0.142 e. The average molecular weight is 203 g/mol. The first-order valence-electron chi connectivity index (χ1n) is 4.18. The lowest BCUT2D eigenvalue weighted by Crippen LogP contribution is -2.04. The number of halogens is 2. The molecule has 0 heterocycles. The van der Waals surface area contributed by atoms with Gasteiger partial charge in [0.15, 0.2) is 0 Å².